The van der Waals surface area contributed by atoms with Crippen LogP contribution in [-0.2, 0) is 11.3 Å². The number of hydrogen-bond donors (Lipinski definition) is 2. The van der Waals surface area contributed by atoms with Crippen molar-refractivity contribution in [1.29, 1.82) is 0 Å². The summed E-state index contributed by atoms with van der Waals surface area (Å²) in [5, 5.41) is 6.20. The zero-order valence-corrected chi connectivity index (χ0v) is 16.0. The Labute approximate surface area is 152 Å². The minimum Gasteiger partial charge on any atom is -0.359 e. The van der Waals surface area contributed by atoms with Crippen molar-refractivity contribution in [2.75, 3.05) is 13.1 Å². The molecule has 2 N–H and O–H groups in total. The van der Waals surface area contributed by atoms with Crippen LogP contribution in [-0.4, -0.2) is 34.6 Å². The third-order valence-electron chi connectivity index (χ3n) is 4.72. The Hall–Kier alpha value is -2.18. The highest BCUT2D eigenvalue weighted by Crippen LogP contribution is 2.25. The molecule has 0 bridgehead atoms. The maximum Gasteiger partial charge on any atom is 0.273 e. The van der Waals surface area contributed by atoms with E-state index in [-0.39, 0.29) is 5.91 Å². The fraction of sp³-hybridized carbons (Fsp3) is 0.368. The number of amides is 1. The summed E-state index contributed by atoms with van der Waals surface area (Å²) in [4.78, 5) is 19.1. The smallest absolute Gasteiger partial charge is 0.273 e. The van der Waals surface area contributed by atoms with E-state index in [0.717, 1.165) is 41.6 Å². The Morgan fingerprint density at radius 1 is 1.28 bits per heavy atom. The molecule has 0 atom stereocenters. The molecule has 0 fully saturated rings. The predicted octanol–water partition coefficient (Wildman–Crippen LogP) is 3.45. The molecule has 0 saturated heterocycles. The lowest BCUT2D eigenvalue weighted by Crippen LogP contribution is -2.22. The summed E-state index contributed by atoms with van der Waals surface area (Å²) in [5.74, 6) is -0.152. The molecule has 0 radical (unpaired) electrons. The summed E-state index contributed by atoms with van der Waals surface area (Å²) in [6, 6.07) is 3.95. The first-order valence-electron chi connectivity index (χ1n) is 8.59. The van der Waals surface area contributed by atoms with Crippen molar-refractivity contribution in [3.63, 3.8) is 0 Å². The normalized spacial score (nSPS) is 16.0. The number of hydrogen-bond acceptors (Lipinski definition) is 4. The fourth-order valence-corrected chi connectivity index (χ4v) is 3.81. The summed E-state index contributed by atoms with van der Waals surface area (Å²) in [5.41, 5.74) is 8.56. The molecule has 25 heavy (non-hydrogen) atoms. The summed E-state index contributed by atoms with van der Waals surface area (Å²) in [6.45, 7) is 11.5. The van der Waals surface area contributed by atoms with E-state index >= 15 is 0 Å². The highest BCUT2D eigenvalue weighted by molar-refractivity contribution is 7.12. The molecule has 2 aromatic rings. The van der Waals surface area contributed by atoms with Crippen molar-refractivity contribution in [3.05, 3.63) is 50.5 Å². The molecule has 5 nitrogen and oxygen atoms in total. The van der Waals surface area contributed by atoms with Gasteiger partial charge in [0.25, 0.3) is 5.91 Å². The number of carbonyl (C=O) groups excluding carboxylic acids is 1. The van der Waals surface area contributed by atoms with Crippen LogP contribution in [0.3, 0.4) is 0 Å². The number of aromatic nitrogens is 1. The minimum atomic E-state index is -0.152. The third-order valence-corrected chi connectivity index (χ3v) is 5.60. The molecule has 0 aliphatic carbocycles. The topological polar surface area (TPSA) is 60.5 Å². The Morgan fingerprint density at radius 2 is 2.04 bits per heavy atom. The Balaban J connectivity index is 1.95. The van der Waals surface area contributed by atoms with Gasteiger partial charge in [-0.15, -0.1) is 11.3 Å². The van der Waals surface area contributed by atoms with Crippen LogP contribution in [0.4, 0.5) is 0 Å². The molecule has 6 heteroatoms. The monoisotopic (exact) mass is 356 g/mol. The third kappa shape index (κ3) is 3.45. The van der Waals surface area contributed by atoms with Crippen LogP contribution in [0.1, 0.15) is 41.2 Å². The first-order valence-corrected chi connectivity index (χ1v) is 9.47. The Kier molecular flexibility index (Phi) is 5.20. The van der Waals surface area contributed by atoms with Gasteiger partial charge in [-0.25, -0.2) is 5.43 Å². The molecular weight excluding hydrogens is 332 g/mol. The zero-order valence-electron chi connectivity index (χ0n) is 15.1. The van der Waals surface area contributed by atoms with E-state index < -0.39 is 0 Å². The number of nitrogens with one attached hydrogen (secondary N) is 2. The van der Waals surface area contributed by atoms with Crippen LogP contribution in [0, 0.1) is 13.8 Å². The van der Waals surface area contributed by atoms with E-state index in [0.29, 0.717) is 5.57 Å². The molecule has 2 aromatic heterocycles. The van der Waals surface area contributed by atoms with Gasteiger partial charge in [-0.2, -0.15) is 5.10 Å². The minimum absolute atomic E-state index is 0.152. The largest absolute Gasteiger partial charge is 0.359 e. The highest BCUT2D eigenvalue weighted by Gasteiger charge is 2.25. The van der Waals surface area contributed by atoms with Gasteiger partial charge in [0.15, 0.2) is 0 Å². The maximum absolute atomic E-state index is 12.2. The summed E-state index contributed by atoms with van der Waals surface area (Å²) in [6.07, 6.45) is 1.93. The standard InChI is InChI=1S/C19H24N4OS/c1-5-23(6-2)11-15-12(3)16(20-13(15)4)10-14-18(21-22-19(14)24)17-8-7-9-25-17/h7-10,20H,5-6,11H2,1-4H3,(H,22,24). The van der Waals surface area contributed by atoms with Gasteiger partial charge in [-0.3, -0.25) is 9.69 Å². The number of thiophene rings is 1. The number of nitrogens with zero attached hydrogens (tertiary/aromatic N) is 2. The summed E-state index contributed by atoms with van der Waals surface area (Å²) >= 11 is 1.58. The number of H-pyrrole nitrogens is 1. The molecule has 1 aliphatic heterocycles. The lowest BCUT2D eigenvalue weighted by atomic mass is 10.0. The molecular formula is C19H24N4OS. The summed E-state index contributed by atoms with van der Waals surface area (Å²) in [7, 11) is 0. The van der Waals surface area contributed by atoms with Crippen LogP contribution >= 0.6 is 11.3 Å². The van der Waals surface area contributed by atoms with Crippen LogP contribution < -0.4 is 5.43 Å². The molecule has 132 valence electrons. The van der Waals surface area contributed by atoms with E-state index in [2.05, 4.69) is 48.1 Å². The van der Waals surface area contributed by atoms with Crippen molar-refractivity contribution < 1.29 is 4.79 Å². The van der Waals surface area contributed by atoms with Gasteiger partial charge in [-0.1, -0.05) is 19.9 Å². The van der Waals surface area contributed by atoms with Crippen LogP contribution in [0.5, 0.6) is 0 Å². The molecule has 3 heterocycles. The second-order valence-corrected chi connectivity index (χ2v) is 7.11. The molecule has 3 rings (SSSR count). The van der Waals surface area contributed by atoms with Crippen molar-refractivity contribution in [3.8, 4) is 0 Å². The predicted molar refractivity (Wildman–Crippen MR) is 104 cm³/mol. The number of aryl methyl sites for hydroxylation is 1. The maximum atomic E-state index is 12.2. The van der Waals surface area contributed by atoms with Gasteiger partial charge >= 0.3 is 0 Å². The average Bonchev–Trinajstić information content (AvgIpc) is 3.30. The van der Waals surface area contributed by atoms with E-state index in [1.807, 2.05) is 23.6 Å². The van der Waals surface area contributed by atoms with Gasteiger partial charge in [0.2, 0.25) is 0 Å². The molecule has 1 aliphatic rings. The molecule has 0 spiro atoms. The van der Waals surface area contributed by atoms with Gasteiger partial charge < -0.3 is 4.98 Å². The SMILES string of the molecule is CCN(CC)Cc1c(C)[nH]c(C=C2C(=O)NN=C2c2cccs2)c1C. The van der Waals surface area contributed by atoms with E-state index in [4.69, 9.17) is 0 Å². The second kappa shape index (κ2) is 7.37. The van der Waals surface area contributed by atoms with Crippen molar-refractivity contribution in [2.24, 2.45) is 5.10 Å². The lowest BCUT2D eigenvalue weighted by molar-refractivity contribution is -0.116. The average molecular weight is 356 g/mol. The van der Waals surface area contributed by atoms with Gasteiger partial charge in [0.1, 0.15) is 5.71 Å². The van der Waals surface area contributed by atoms with E-state index in [1.54, 1.807) is 11.3 Å². The number of aromatic amines is 1. The number of rotatable bonds is 6. The van der Waals surface area contributed by atoms with Gasteiger partial charge in [0.05, 0.1) is 10.5 Å². The summed E-state index contributed by atoms with van der Waals surface area (Å²) < 4.78 is 0. The van der Waals surface area contributed by atoms with Crippen molar-refractivity contribution in [1.82, 2.24) is 15.3 Å². The number of carbonyl (C=O) groups is 1. The fourth-order valence-electron chi connectivity index (χ4n) is 3.08. The molecule has 0 unspecified atom stereocenters. The van der Waals surface area contributed by atoms with Crippen LogP contribution in [0.25, 0.3) is 6.08 Å². The zero-order chi connectivity index (χ0) is 18.0. The number of hydrazone groups is 1. The van der Waals surface area contributed by atoms with Crippen LogP contribution in [0.2, 0.25) is 0 Å². The van der Waals surface area contributed by atoms with Gasteiger partial charge in [-0.05, 0) is 55.6 Å². The molecule has 0 aromatic carbocycles. The second-order valence-electron chi connectivity index (χ2n) is 6.17. The first-order chi connectivity index (χ1) is 12.0. The van der Waals surface area contributed by atoms with Crippen LogP contribution in [0.15, 0.2) is 28.2 Å². The van der Waals surface area contributed by atoms with Gasteiger partial charge in [0, 0.05) is 17.9 Å². The van der Waals surface area contributed by atoms with E-state index in [1.165, 1.54) is 11.1 Å². The molecule has 1 amide bonds. The van der Waals surface area contributed by atoms with Crippen molar-refractivity contribution in [2.45, 2.75) is 34.2 Å². The molecule has 0 saturated carbocycles. The first kappa shape index (κ1) is 17.6. The quantitative estimate of drug-likeness (QED) is 0.779. The lowest BCUT2D eigenvalue weighted by Gasteiger charge is -2.18. The van der Waals surface area contributed by atoms with E-state index in [9.17, 15) is 4.79 Å². The van der Waals surface area contributed by atoms with Crippen molar-refractivity contribution >= 4 is 29.0 Å². The Morgan fingerprint density at radius 3 is 2.68 bits per heavy atom. The Bertz CT molecular complexity index is 826. The highest BCUT2D eigenvalue weighted by atomic mass is 32.1.